The van der Waals surface area contributed by atoms with E-state index in [-0.39, 0.29) is 11.5 Å². The van der Waals surface area contributed by atoms with Crippen LogP contribution in [-0.2, 0) is 21.2 Å². The highest BCUT2D eigenvalue weighted by Gasteiger charge is 2.08. The van der Waals surface area contributed by atoms with Crippen LogP contribution in [0.15, 0.2) is 59.5 Å². The van der Waals surface area contributed by atoms with Crippen molar-refractivity contribution in [1.82, 2.24) is 0 Å². The molecule has 2 aromatic carbocycles. The molecule has 0 saturated carbocycles. The second kappa shape index (κ2) is 5.88. The number of sulfone groups is 1. The number of ether oxygens (including phenoxy) is 1. The first-order valence-electron chi connectivity index (χ1n) is 5.98. The SMILES string of the molecule is CS(=O)(=O)c1ccc(COC(=O)c2ccccc2)cc1. The summed E-state index contributed by atoms with van der Waals surface area (Å²) in [6, 6.07) is 15.0. The van der Waals surface area contributed by atoms with Crippen LogP contribution in [0.25, 0.3) is 0 Å². The Labute approximate surface area is 117 Å². The normalized spacial score (nSPS) is 11.1. The first-order chi connectivity index (χ1) is 9.47. The number of hydrogen-bond acceptors (Lipinski definition) is 4. The summed E-state index contributed by atoms with van der Waals surface area (Å²) < 4.78 is 27.8. The molecule has 4 nitrogen and oxygen atoms in total. The Morgan fingerprint density at radius 1 is 1.00 bits per heavy atom. The lowest BCUT2D eigenvalue weighted by atomic mass is 10.2. The highest BCUT2D eigenvalue weighted by molar-refractivity contribution is 7.90. The summed E-state index contributed by atoms with van der Waals surface area (Å²) in [5.74, 6) is -0.405. The maximum Gasteiger partial charge on any atom is 0.338 e. The van der Waals surface area contributed by atoms with E-state index in [2.05, 4.69) is 0 Å². The lowest BCUT2D eigenvalue weighted by Gasteiger charge is -2.05. The average Bonchev–Trinajstić information content (AvgIpc) is 2.45. The molecule has 0 N–H and O–H groups in total. The first-order valence-corrected chi connectivity index (χ1v) is 7.87. The van der Waals surface area contributed by atoms with Crippen molar-refractivity contribution >= 4 is 15.8 Å². The van der Waals surface area contributed by atoms with E-state index in [1.165, 1.54) is 12.1 Å². The number of rotatable bonds is 4. The summed E-state index contributed by atoms with van der Waals surface area (Å²) in [5, 5.41) is 0. The number of carbonyl (C=O) groups is 1. The molecular weight excluding hydrogens is 276 g/mol. The molecule has 0 atom stereocenters. The Kier molecular flexibility index (Phi) is 4.20. The van der Waals surface area contributed by atoms with Gasteiger partial charge in [-0.3, -0.25) is 0 Å². The van der Waals surface area contributed by atoms with E-state index in [0.29, 0.717) is 5.56 Å². The zero-order valence-electron chi connectivity index (χ0n) is 10.9. The second-order valence-corrected chi connectivity index (χ2v) is 6.37. The van der Waals surface area contributed by atoms with Gasteiger partial charge in [0.25, 0.3) is 0 Å². The predicted molar refractivity (Wildman–Crippen MR) is 75.1 cm³/mol. The molecule has 0 saturated heterocycles. The molecule has 0 radical (unpaired) electrons. The zero-order chi connectivity index (χ0) is 14.6. The Hall–Kier alpha value is -2.14. The maximum atomic E-state index is 11.7. The smallest absolute Gasteiger partial charge is 0.338 e. The van der Waals surface area contributed by atoms with Crippen molar-refractivity contribution in [2.45, 2.75) is 11.5 Å². The van der Waals surface area contributed by atoms with Gasteiger partial charge in [-0.25, -0.2) is 13.2 Å². The van der Waals surface area contributed by atoms with Gasteiger partial charge in [0.15, 0.2) is 9.84 Å². The summed E-state index contributed by atoms with van der Waals surface area (Å²) in [6.07, 6.45) is 1.15. The van der Waals surface area contributed by atoms with Crippen LogP contribution in [0.4, 0.5) is 0 Å². The molecule has 0 heterocycles. The summed E-state index contributed by atoms with van der Waals surface area (Å²) in [7, 11) is -3.20. The lowest BCUT2D eigenvalue weighted by Crippen LogP contribution is -2.05. The lowest BCUT2D eigenvalue weighted by molar-refractivity contribution is 0.0472. The summed E-state index contributed by atoms with van der Waals surface area (Å²) >= 11 is 0. The first kappa shape index (κ1) is 14.3. The Morgan fingerprint density at radius 2 is 1.60 bits per heavy atom. The fourth-order valence-electron chi connectivity index (χ4n) is 1.64. The van der Waals surface area contributed by atoms with Gasteiger partial charge < -0.3 is 4.74 Å². The molecule has 0 aliphatic rings. The molecule has 0 unspecified atom stereocenters. The zero-order valence-corrected chi connectivity index (χ0v) is 11.8. The van der Waals surface area contributed by atoms with Gasteiger partial charge in [-0.1, -0.05) is 30.3 Å². The molecule has 0 aliphatic carbocycles. The molecule has 5 heteroatoms. The van der Waals surface area contributed by atoms with Crippen molar-refractivity contribution in [3.63, 3.8) is 0 Å². The van der Waals surface area contributed by atoms with Crippen molar-refractivity contribution in [2.24, 2.45) is 0 Å². The van der Waals surface area contributed by atoms with Gasteiger partial charge in [0.05, 0.1) is 10.5 Å². The fraction of sp³-hybridized carbons (Fsp3) is 0.133. The monoisotopic (exact) mass is 290 g/mol. The van der Waals surface area contributed by atoms with Crippen LogP contribution in [0, 0.1) is 0 Å². The molecule has 20 heavy (non-hydrogen) atoms. The summed E-state index contributed by atoms with van der Waals surface area (Å²) in [4.78, 5) is 12.0. The number of esters is 1. The van der Waals surface area contributed by atoms with Crippen LogP contribution in [0.5, 0.6) is 0 Å². The molecule has 2 aromatic rings. The third-order valence-electron chi connectivity index (χ3n) is 2.73. The van der Waals surface area contributed by atoms with E-state index in [9.17, 15) is 13.2 Å². The van der Waals surface area contributed by atoms with Gasteiger partial charge in [0.2, 0.25) is 0 Å². The van der Waals surface area contributed by atoms with Crippen LogP contribution in [-0.4, -0.2) is 20.6 Å². The van der Waals surface area contributed by atoms with Gasteiger partial charge in [0, 0.05) is 6.26 Å². The van der Waals surface area contributed by atoms with Crippen LogP contribution in [0.3, 0.4) is 0 Å². The highest BCUT2D eigenvalue weighted by Crippen LogP contribution is 2.12. The third-order valence-corrected chi connectivity index (χ3v) is 3.86. The molecule has 2 rings (SSSR count). The largest absolute Gasteiger partial charge is 0.457 e. The minimum Gasteiger partial charge on any atom is -0.457 e. The van der Waals surface area contributed by atoms with Crippen molar-refractivity contribution in [3.05, 3.63) is 65.7 Å². The van der Waals surface area contributed by atoms with Crippen molar-refractivity contribution in [1.29, 1.82) is 0 Å². The van der Waals surface area contributed by atoms with Gasteiger partial charge in [-0.05, 0) is 29.8 Å². The molecular formula is C15H14O4S. The molecule has 0 spiro atoms. The van der Waals surface area contributed by atoms with Crippen LogP contribution >= 0.6 is 0 Å². The molecule has 104 valence electrons. The molecule has 0 amide bonds. The van der Waals surface area contributed by atoms with Crippen molar-refractivity contribution in [2.75, 3.05) is 6.26 Å². The highest BCUT2D eigenvalue weighted by atomic mass is 32.2. The number of carbonyl (C=O) groups excluding carboxylic acids is 1. The van der Waals surface area contributed by atoms with E-state index in [1.54, 1.807) is 36.4 Å². The molecule has 0 aliphatic heterocycles. The quantitative estimate of drug-likeness (QED) is 0.811. The summed E-state index contributed by atoms with van der Waals surface area (Å²) in [5.41, 5.74) is 1.22. The molecule has 0 bridgehead atoms. The van der Waals surface area contributed by atoms with E-state index >= 15 is 0 Å². The average molecular weight is 290 g/mol. The van der Waals surface area contributed by atoms with Crippen LogP contribution < -0.4 is 0 Å². The van der Waals surface area contributed by atoms with E-state index in [4.69, 9.17) is 4.74 Å². The van der Waals surface area contributed by atoms with Gasteiger partial charge >= 0.3 is 5.97 Å². The van der Waals surface area contributed by atoms with Crippen LogP contribution in [0.1, 0.15) is 15.9 Å². The Bertz CT molecular complexity index is 688. The van der Waals surface area contributed by atoms with Gasteiger partial charge in [-0.2, -0.15) is 0 Å². The van der Waals surface area contributed by atoms with E-state index in [1.807, 2.05) is 6.07 Å². The van der Waals surface area contributed by atoms with E-state index in [0.717, 1.165) is 11.8 Å². The van der Waals surface area contributed by atoms with Crippen molar-refractivity contribution < 1.29 is 17.9 Å². The second-order valence-electron chi connectivity index (χ2n) is 4.36. The van der Waals surface area contributed by atoms with E-state index < -0.39 is 15.8 Å². The number of hydrogen-bond donors (Lipinski definition) is 0. The third kappa shape index (κ3) is 3.68. The maximum absolute atomic E-state index is 11.7. The molecule has 0 fully saturated rings. The van der Waals surface area contributed by atoms with Gasteiger partial charge in [0.1, 0.15) is 6.61 Å². The van der Waals surface area contributed by atoms with Gasteiger partial charge in [-0.15, -0.1) is 0 Å². The predicted octanol–water partition coefficient (Wildman–Crippen LogP) is 2.45. The summed E-state index contributed by atoms with van der Waals surface area (Å²) in [6.45, 7) is 0.109. The Morgan fingerprint density at radius 3 is 2.15 bits per heavy atom. The van der Waals surface area contributed by atoms with Crippen molar-refractivity contribution in [3.8, 4) is 0 Å². The minimum absolute atomic E-state index is 0.109. The van der Waals surface area contributed by atoms with Crippen LogP contribution in [0.2, 0.25) is 0 Å². The standard InChI is InChI=1S/C15H14O4S/c1-20(17,18)14-9-7-12(8-10-14)11-19-15(16)13-5-3-2-4-6-13/h2-10H,11H2,1H3. The molecule has 0 aromatic heterocycles. The fourth-order valence-corrected chi connectivity index (χ4v) is 2.27. The number of benzene rings is 2. The Balaban J connectivity index is 2.00. The topological polar surface area (TPSA) is 60.4 Å². The minimum atomic E-state index is -3.20.